The molecule has 0 radical (unpaired) electrons. The van der Waals surface area contributed by atoms with Crippen LogP contribution >= 0.6 is 0 Å². The second-order valence-corrected chi connectivity index (χ2v) is 9.25. The lowest BCUT2D eigenvalue weighted by atomic mass is 10.0. The molecule has 0 spiro atoms. The number of nitrogens with zero attached hydrogens (tertiary/aromatic N) is 2. The maximum atomic E-state index is 12.9. The van der Waals surface area contributed by atoms with E-state index in [0.29, 0.717) is 12.3 Å². The fourth-order valence-electron chi connectivity index (χ4n) is 3.87. The van der Waals surface area contributed by atoms with E-state index in [9.17, 15) is 19.2 Å². The number of furan rings is 1. The Balaban J connectivity index is 1.43. The third-order valence-electron chi connectivity index (χ3n) is 5.72. The molecule has 0 bridgehead atoms. The van der Waals surface area contributed by atoms with E-state index in [4.69, 9.17) is 9.15 Å². The average Bonchev–Trinajstić information content (AvgIpc) is 3.43. The Labute approximate surface area is 203 Å². The van der Waals surface area contributed by atoms with Crippen molar-refractivity contribution in [1.82, 2.24) is 9.80 Å². The summed E-state index contributed by atoms with van der Waals surface area (Å²) in [6, 6.07) is 17.1. The van der Waals surface area contributed by atoms with Crippen molar-refractivity contribution in [2.45, 2.75) is 39.4 Å². The summed E-state index contributed by atoms with van der Waals surface area (Å²) < 4.78 is 10.5. The van der Waals surface area contributed by atoms with Crippen LogP contribution in [0.1, 0.15) is 63.2 Å². The van der Waals surface area contributed by atoms with E-state index in [0.717, 1.165) is 10.5 Å². The van der Waals surface area contributed by atoms with Gasteiger partial charge >= 0.3 is 5.97 Å². The number of hydrogen-bond acceptors (Lipinski definition) is 6. The quantitative estimate of drug-likeness (QED) is 0.378. The Morgan fingerprint density at radius 1 is 0.943 bits per heavy atom. The number of carbonyl (C=O) groups is 4. The minimum Gasteiger partial charge on any atom is -0.467 e. The first-order chi connectivity index (χ1) is 16.6. The van der Waals surface area contributed by atoms with Crippen molar-refractivity contribution >= 4 is 23.7 Å². The van der Waals surface area contributed by atoms with E-state index in [1.807, 2.05) is 51.1 Å². The molecular weight excluding hydrogens is 448 g/mol. The summed E-state index contributed by atoms with van der Waals surface area (Å²) in [7, 11) is 0. The molecule has 1 aliphatic heterocycles. The zero-order valence-corrected chi connectivity index (χ0v) is 19.8. The summed E-state index contributed by atoms with van der Waals surface area (Å²) in [6.45, 7) is 5.66. The molecule has 180 valence electrons. The standard InChI is InChI=1S/C27H26N2O6/c1-27(2,3)29(15-18-8-5-4-6-9-18)23(30)17-35-26(33)19-11-12-21-22(14-19)25(32)28(24(21)31)16-20-10-7-13-34-20/h4-14H,15-17H2,1-3H3. The Morgan fingerprint density at radius 3 is 2.31 bits per heavy atom. The highest BCUT2D eigenvalue weighted by atomic mass is 16.5. The van der Waals surface area contributed by atoms with Crippen molar-refractivity contribution in [2.75, 3.05) is 6.61 Å². The van der Waals surface area contributed by atoms with E-state index in [2.05, 4.69) is 0 Å². The average molecular weight is 475 g/mol. The number of ether oxygens (including phenoxy) is 1. The van der Waals surface area contributed by atoms with E-state index in [1.165, 1.54) is 24.5 Å². The van der Waals surface area contributed by atoms with Crippen molar-refractivity contribution in [3.05, 3.63) is 94.9 Å². The third kappa shape index (κ3) is 5.16. The molecule has 0 saturated heterocycles. The van der Waals surface area contributed by atoms with E-state index in [1.54, 1.807) is 17.0 Å². The van der Waals surface area contributed by atoms with Crippen LogP contribution in [0.25, 0.3) is 0 Å². The largest absolute Gasteiger partial charge is 0.467 e. The Bertz CT molecular complexity index is 1260. The summed E-state index contributed by atoms with van der Waals surface area (Å²) in [4.78, 5) is 53.8. The molecule has 1 aliphatic rings. The molecule has 2 heterocycles. The number of imide groups is 1. The molecule has 35 heavy (non-hydrogen) atoms. The lowest BCUT2D eigenvalue weighted by Gasteiger charge is -2.35. The first-order valence-corrected chi connectivity index (χ1v) is 11.2. The summed E-state index contributed by atoms with van der Waals surface area (Å²) in [5.41, 5.74) is 0.876. The highest BCUT2D eigenvalue weighted by Gasteiger charge is 2.36. The summed E-state index contributed by atoms with van der Waals surface area (Å²) in [5, 5.41) is 0. The highest BCUT2D eigenvalue weighted by molar-refractivity contribution is 6.21. The Morgan fingerprint density at radius 2 is 1.66 bits per heavy atom. The topological polar surface area (TPSA) is 97.1 Å². The Hall–Kier alpha value is -4.20. The molecule has 0 unspecified atom stereocenters. The van der Waals surface area contributed by atoms with Crippen molar-refractivity contribution in [2.24, 2.45) is 0 Å². The van der Waals surface area contributed by atoms with Gasteiger partial charge in [0, 0.05) is 12.1 Å². The second-order valence-electron chi connectivity index (χ2n) is 9.25. The molecule has 0 saturated carbocycles. The minimum atomic E-state index is -0.751. The van der Waals surface area contributed by atoms with E-state index in [-0.39, 0.29) is 29.1 Å². The monoisotopic (exact) mass is 474 g/mol. The van der Waals surface area contributed by atoms with Gasteiger partial charge in [0.05, 0.1) is 29.5 Å². The van der Waals surface area contributed by atoms with Crippen LogP contribution in [0, 0.1) is 0 Å². The van der Waals surface area contributed by atoms with Crippen LogP contribution in [0.4, 0.5) is 0 Å². The van der Waals surface area contributed by atoms with Gasteiger partial charge in [-0.1, -0.05) is 30.3 Å². The molecule has 0 atom stereocenters. The number of fused-ring (bicyclic) bond motifs is 1. The first-order valence-electron chi connectivity index (χ1n) is 11.2. The lowest BCUT2D eigenvalue weighted by molar-refractivity contribution is -0.140. The SMILES string of the molecule is CC(C)(C)N(Cc1ccccc1)C(=O)COC(=O)c1ccc2c(c1)C(=O)N(Cc1ccco1)C2=O. The molecule has 0 fully saturated rings. The molecule has 3 amide bonds. The fourth-order valence-corrected chi connectivity index (χ4v) is 3.87. The van der Waals surface area contributed by atoms with Crippen LogP contribution in [-0.4, -0.2) is 45.6 Å². The third-order valence-corrected chi connectivity index (χ3v) is 5.72. The molecule has 3 aromatic rings. The maximum absolute atomic E-state index is 12.9. The fraction of sp³-hybridized carbons (Fsp3) is 0.259. The van der Waals surface area contributed by atoms with Gasteiger partial charge in [-0.2, -0.15) is 0 Å². The number of rotatable bonds is 7. The normalized spacial score (nSPS) is 13.1. The van der Waals surface area contributed by atoms with Gasteiger partial charge in [-0.15, -0.1) is 0 Å². The molecule has 1 aromatic heterocycles. The number of carbonyl (C=O) groups excluding carboxylic acids is 4. The lowest BCUT2D eigenvalue weighted by Crippen LogP contribution is -2.46. The first kappa shape index (κ1) is 23.9. The van der Waals surface area contributed by atoms with E-state index < -0.39 is 29.9 Å². The van der Waals surface area contributed by atoms with Crippen LogP contribution in [0.2, 0.25) is 0 Å². The van der Waals surface area contributed by atoms with Crippen LogP contribution < -0.4 is 0 Å². The zero-order chi connectivity index (χ0) is 25.2. The van der Waals surface area contributed by atoms with Crippen LogP contribution in [0.15, 0.2) is 71.3 Å². The van der Waals surface area contributed by atoms with Crippen LogP contribution in [0.3, 0.4) is 0 Å². The molecule has 0 N–H and O–H groups in total. The van der Waals surface area contributed by atoms with Gasteiger partial charge < -0.3 is 14.1 Å². The molecule has 8 nitrogen and oxygen atoms in total. The van der Waals surface area contributed by atoms with Crippen LogP contribution in [0.5, 0.6) is 0 Å². The van der Waals surface area contributed by atoms with Crippen molar-refractivity contribution < 1.29 is 28.3 Å². The van der Waals surface area contributed by atoms with Crippen molar-refractivity contribution in [3.63, 3.8) is 0 Å². The van der Waals surface area contributed by atoms with Crippen LogP contribution in [-0.2, 0) is 22.6 Å². The summed E-state index contributed by atoms with van der Waals surface area (Å²) >= 11 is 0. The van der Waals surface area contributed by atoms with Gasteiger partial charge in [-0.3, -0.25) is 19.3 Å². The smallest absolute Gasteiger partial charge is 0.338 e. The van der Waals surface area contributed by atoms with Gasteiger partial charge in [-0.05, 0) is 56.7 Å². The summed E-state index contributed by atoms with van der Waals surface area (Å²) in [6.07, 6.45) is 1.46. The number of amides is 3. The van der Waals surface area contributed by atoms with Gasteiger partial charge in [-0.25, -0.2) is 4.79 Å². The Kier molecular flexibility index (Phi) is 6.55. The minimum absolute atomic E-state index is 0.00230. The van der Waals surface area contributed by atoms with E-state index >= 15 is 0 Å². The number of hydrogen-bond donors (Lipinski definition) is 0. The predicted octanol–water partition coefficient (Wildman–Crippen LogP) is 4.06. The van der Waals surface area contributed by atoms with Crippen molar-refractivity contribution in [3.8, 4) is 0 Å². The molecule has 8 heteroatoms. The molecule has 4 rings (SSSR count). The number of esters is 1. The highest BCUT2D eigenvalue weighted by Crippen LogP contribution is 2.26. The van der Waals surface area contributed by atoms with Gasteiger partial charge in [0.1, 0.15) is 5.76 Å². The predicted molar refractivity (Wildman–Crippen MR) is 126 cm³/mol. The van der Waals surface area contributed by atoms with Gasteiger partial charge in [0.25, 0.3) is 17.7 Å². The molecule has 2 aromatic carbocycles. The van der Waals surface area contributed by atoms with Gasteiger partial charge in [0.15, 0.2) is 6.61 Å². The second kappa shape index (κ2) is 9.58. The number of benzene rings is 2. The molecular formula is C27H26N2O6. The maximum Gasteiger partial charge on any atom is 0.338 e. The zero-order valence-electron chi connectivity index (χ0n) is 19.8. The molecule has 0 aliphatic carbocycles. The van der Waals surface area contributed by atoms with Crippen molar-refractivity contribution in [1.29, 1.82) is 0 Å². The van der Waals surface area contributed by atoms with Gasteiger partial charge in [0.2, 0.25) is 0 Å². The summed E-state index contributed by atoms with van der Waals surface area (Å²) in [5.74, 6) is -1.60.